The van der Waals surface area contributed by atoms with E-state index in [1.165, 1.54) is 11.8 Å². The number of benzene rings is 3. The highest BCUT2D eigenvalue weighted by atomic mass is 32.2. The molecule has 3 aromatic carbocycles. The molecule has 1 atom stereocenters. The summed E-state index contributed by atoms with van der Waals surface area (Å²) in [6.45, 7) is 5.43. The number of nitrogens with one attached hydrogen (secondary N) is 1. The maximum atomic E-state index is 13.4. The van der Waals surface area contributed by atoms with Gasteiger partial charge in [0, 0.05) is 30.4 Å². The molecule has 1 N–H and O–H groups in total. The topological polar surface area (TPSA) is 56.8 Å². The maximum Gasteiger partial charge on any atom is 0.174 e. The van der Waals surface area contributed by atoms with Crippen molar-refractivity contribution in [2.45, 2.75) is 41.6 Å². The van der Waals surface area contributed by atoms with E-state index in [9.17, 15) is 4.79 Å². The van der Waals surface area contributed by atoms with E-state index < -0.39 is 0 Å². The van der Waals surface area contributed by atoms with Crippen LogP contribution in [0.3, 0.4) is 0 Å². The van der Waals surface area contributed by atoms with Crippen LogP contribution >= 0.6 is 35.7 Å². The number of fused-ring (bicyclic) bond motifs is 2. The van der Waals surface area contributed by atoms with Gasteiger partial charge >= 0.3 is 0 Å². The second-order valence-electron chi connectivity index (χ2n) is 7.97. The summed E-state index contributed by atoms with van der Waals surface area (Å²) >= 11 is 8.71. The van der Waals surface area contributed by atoms with Crippen molar-refractivity contribution >= 4 is 45.8 Å². The van der Waals surface area contributed by atoms with Crippen LogP contribution in [0.25, 0.3) is 0 Å². The molecule has 0 aliphatic carbocycles. The van der Waals surface area contributed by atoms with E-state index in [1.54, 1.807) is 11.8 Å². The number of hydrogen-bond donors (Lipinski definition) is 1. The second-order valence-corrected chi connectivity index (χ2v) is 10.9. The fraction of sp³-hybridized carbons (Fsp3) is 0.286. The molecule has 1 heterocycles. The highest BCUT2D eigenvalue weighted by Crippen LogP contribution is 2.47. The molecular formula is C28H29NO4S3. The number of ketones is 1. The van der Waals surface area contributed by atoms with Crippen molar-refractivity contribution in [2.75, 3.05) is 19.8 Å². The van der Waals surface area contributed by atoms with Gasteiger partial charge in [-0.3, -0.25) is 4.79 Å². The Bertz CT molecular complexity index is 1180. The number of para-hydroxylation sites is 1. The van der Waals surface area contributed by atoms with Gasteiger partial charge in [0.1, 0.15) is 15.8 Å². The molecule has 0 saturated heterocycles. The average molecular weight is 540 g/mol. The molecule has 1 unspecified atom stereocenters. The SMILES string of the molecule is CCOC(CNC(=S)SC(CC(=O)c1ccc2c(c1)Sc1ccccc1O2)c1ccccc1)OCC. The highest BCUT2D eigenvalue weighted by molar-refractivity contribution is 8.23. The Morgan fingerprint density at radius 2 is 1.67 bits per heavy atom. The van der Waals surface area contributed by atoms with Crippen LogP contribution in [0.5, 0.6) is 11.5 Å². The molecule has 0 amide bonds. The molecule has 1 aliphatic rings. The third-order valence-electron chi connectivity index (χ3n) is 5.46. The van der Waals surface area contributed by atoms with E-state index >= 15 is 0 Å². The molecule has 4 rings (SSSR count). The quantitative estimate of drug-likeness (QED) is 0.121. The van der Waals surface area contributed by atoms with E-state index in [4.69, 9.17) is 26.4 Å². The molecule has 5 nitrogen and oxygen atoms in total. The third-order valence-corrected chi connectivity index (χ3v) is 8.08. The number of thiocarbonyl (C=S) groups is 1. The number of Topliss-reactive ketones (excluding diaryl/α,β-unsaturated/α-hetero) is 1. The Hall–Kier alpha value is -2.36. The summed E-state index contributed by atoms with van der Waals surface area (Å²) in [5.74, 6) is 1.67. The van der Waals surface area contributed by atoms with Crippen molar-refractivity contribution in [3.05, 3.63) is 83.9 Å². The Kier molecular flexibility index (Phi) is 9.83. The van der Waals surface area contributed by atoms with Crippen molar-refractivity contribution in [3.8, 4) is 11.5 Å². The molecule has 0 saturated carbocycles. The fourth-order valence-corrected chi connectivity index (χ4v) is 6.13. The predicted molar refractivity (Wildman–Crippen MR) is 150 cm³/mol. The first-order valence-corrected chi connectivity index (χ1v) is 14.0. The maximum absolute atomic E-state index is 13.4. The molecule has 0 fully saturated rings. The van der Waals surface area contributed by atoms with E-state index in [1.807, 2.05) is 86.6 Å². The van der Waals surface area contributed by atoms with Gasteiger partial charge in [-0.05, 0) is 49.7 Å². The summed E-state index contributed by atoms with van der Waals surface area (Å²) in [6, 6.07) is 23.6. The minimum atomic E-state index is -0.365. The Balaban J connectivity index is 1.45. The van der Waals surface area contributed by atoms with Crippen LogP contribution in [0.2, 0.25) is 0 Å². The van der Waals surface area contributed by atoms with Crippen molar-refractivity contribution in [3.63, 3.8) is 0 Å². The molecule has 0 radical (unpaired) electrons. The molecule has 36 heavy (non-hydrogen) atoms. The van der Waals surface area contributed by atoms with Gasteiger partial charge in [0.2, 0.25) is 0 Å². The van der Waals surface area contributed by atoms with Crippen LogP contribution in [0, 0.1) is 0 Å². The highest BCUT2D eigenvalue weighted by Gasteiger charge is 2.23. The van der Waals surface area contributed by atoms with E-state index in [0.717, 1.165) is 26.9 Å². The van der Waals surface area contributed by atoms with Crippen molar-refractivity contribution in [1.29, 1.82) is 0 Å². The van der Waals surface area contributed by atoms with Crippen LogP contribution in [0.1, 0.15) is 41.4 Å². The summed E-state index contributed by atoms with van der Waals surface area (Å²) in [5.41, 5.74) is 1.72. The first kappa shape index (κ1) is 26.7. The molecule has 188 valence electrons. The van der Waals surface area contributed by atoms with Gasteiger partial charge in [-0.1, -0.05) is 78.2 Å². The minimum absolute atomic E-state index is 0.0583. The van der Waals surface area contributed by atoms with Gasteiger partial charge in [-0.2, -0.15) is 0 Å². The number of carbonyl (C=O) groups excluding carboxylic acids is 1. The lowest BCUT2D eigenvalue weighted by Gasteiger charge is -2.21. The predicted octanol–water partition coefficient (Wildman–Crippen LogP) is 7.26. The Morgan fingerprint density at radius 1 is 0.972 bits per heavy atom. The number of carbonyl (C=O) groups is 1. The van der Waals surface area contributed by atoms with Crippen molar-refractivity contribution in [1.82, 2.24) is 5.32 Å². The number of rotatable bonds is 11. The summed E-state index contributed by atoms with van der Waals surface area (Å²) < 4.78 is 17.8. The molecule has 3 aromatic rings. The van der Waals surface area contributed by atoms with Gasteiger partial charge in [-0.15, -0.1) is 0 Å². The summed E-state index contributed by atoms with van der Waals surface area (Å²) in [6.07, 6.45) is -0.0479. The Morgan fingerprint density at radius 3 is 2.42 bits per heavy atom. The summed E-state index contributed by atoms with van der Waals surface area (Å²) in [5, 5.41) is 3.10. The normalized spacial score (nSPS) is 12.9. The zero-order valence-corrected chi connectivity index (χ0v) is 22.7. The largest absolute Gasteiger partial charge is 0.455 e. The first-order chi connectivity index (χ1) is 17.6. The van der Waals surface area contributed by atoms with Crippen LogP contribution in [0.4, 0.5) is 0 Å². The number of ether oxygens (including phenoxy) is 3. The minimum Gasteiger partial charge on any atom is -0.455 e. The fourth-order valence-electron chi connectivity index (χ4n) is 3.76. The average Bonchev–Trinajstić information content (AvgIpc) is 2.90. The summed E-state index contributed by atoms with van der Waals surface area (Å²) in [4.78, 5) is 15.4. The number of thioether (sulfide) groups is 1. The van der Waals surface area contributed by atoms with E-state index in [-0.39, 0.29) is 17.3 Å². The lowest BCUT2D eigenvalue weighted by Crippen LogP contribution is -2.33. The lowest BCUT2D eigenvalue weighted by atomic mass is 10.0. The lowest BCUT2D eigenvalue weighted by molar-refractivity contribution is -0.130. The van der Waals surface area contributed by atoms with E-state index in [0.29, 0.717) is 36.1 Å². The van der Waals surface area contributed by atoms with Gasteiger partial charge in [0.15, 0.2) is 12.1 Å². The standard InChI is InChI=1S/C28H29NO4S3/c1-3-31-27(32-4-2)18-29-28(34)36-25(19-10-6-5-7-11-19)17-21(30)20-14-15-23-26(16-20)35-24-13-9-8-12-22(24)33-23/h5-16,25,27H,3-4,17-18H2,1-2H3,(H,29,34). The Labute approximate surface area is 226 Å². The van der Waals surface area contributed by atoms with Gasteiger partial charge in [-0.25, -0.2) is 0 Å². The summed E-state index contributed by atoms with van der Waals surface area (Å²) in [7, 11) is 0. The first-order valence-electron chi connectivity index (χ1n) is 11.9. The smallest absolute Gasteiger partial charge is 0.174 e. The molecule has 0 bridgehead atoms. The second kappa shape index (κ2) is 13.3. The zero-order chi connectivity index (χ0) is 25.3. The third kappa shape index (κ3) is 7.11. The molecule has 1 aliphatic heterocycles. The van der Waals surface area contributed by atoms with Crippen molar-refractivity contribution in [2.24, 2.45) is 0 Å². The van der Waals surface area contributed by atoms with E-state index in [2.05, 4.69) is 5.32 Å². The molecular weight excluding hydrogens is 511 g/mol. The van der Waals surface area contributed by atoms with Gasteiger partial charge in [0.25, 0.3) is 0 Å². The molecule has 0 spiro atoms. The van der Waals surface area contributed by atoms with Crippen molar-refractivity contribution < 1.29 is 19.0 Å². The monoisotopic (exact) mass is 539 g/mol. The van der Waals surface area contributed by atoms with Gasteiger partial charge < -0.3 is 19.5 Å². The van der Waals surface area contributed by atoms with Crippen LogP contribution in [-0.2, 0) is 9.47 Å². The van der Waals surface area contributed by atoms with Gasteiger partial charge in [0.05, 0.1) is 16.3 Å². The molecule has 8 heteroatoms. The van der Waals surface area contributed by atoms with Crippen LogP contribution < -0.4 is 10.1 Å². The zero-order valence-electron chi connectivity index (χ0n) is 20.3. The number of hydrogen-bond acceptors (Lipinski definition) is 7. The van der Waals surface area contributed by atoms with Crippen LogP contribution in [-0.4, -0.2) is 36.2 Å². The van der Waals surface area contributed by atoms with Crippen LogP contribution in [0.15, 0.2) is 82.6 Å². The molecule has 0 aromatic heterocycles.